The summed E-state index contributed by atoms with van der Waals surface area (Å²) in [4.78, 5) is 35.8. The topological polar surface area (TPSA) is 101 Å². The Morgan fingerprint density at radius 1 is 1.21 bits per heavy atom. The summed E-state index contributed by atoms with van der Waals surface area (Å²) in [5, 5.41) is 7.00. The Hall–Kier alpha value is -3.33. The molecular formula is C24H29ClN6O3. The van der Waals surface area contributed by atoms with Crippen LogP contribution < -0.4 is 25.8 Å². The molecule has 4 rings (SSSR count). The predicted octanol–water partition coefficient (Wildman–Crippen LogP) is 3.71. The minimum atomic E-state index is -0.306. The van der Waals surface area contributed by atoms with Gasteiger partial charge in [-0.3, -0.25) is 9.59 Å². The summed E-state index contributed by atoms with van der Waals surface area (Å²) >= 11 is 6.39. The molecule has 0 radical (unpaired) electrons. The molecule has 0 spiro atoms. The number of ether oxygens (including phenoxy) is 1. The molecular weight excluding hydrogens is 456 g/mol. The molecule has 180 valence electrons. The zero-order chi connectivity index (χ0) is 24.1. The third-order valence-electron chi connectivity index (χ3n) is 5.78. The Morgan fingerprint density at radius 2 is 2.00 bits per heavy atom. The highest BCUT2D eigenvalue weighted by Crippen LogP contribution is 2.28. The summed E-state index contributed by atoms with van der Waals surface area (Å²) in [6.07, 6.45) is 5.88. The molecule has 1 aliphatic rings. The molecule has 0 saturated carbocycles. The second-order valence-corrected chi connectivity index (χ2v) is 8.65. The number of hydrogen-bond acceptors (Lipinski definition) is 7. The monoisotopic (exact) mass is 484 g/mol. The fourth-order valence-corrected chi connectivity index (χ4v) is 4.17. The van der Waals surface area contributed by atoms with E-state index in [0.29, 0.717) is 23.3 Å². The van der Waals surface area contributed by atoms with Crippen LogP contribution in [-0.4, -0.2) is 47.2 Å². The van der Waals surface area contributed by atoms with Crippen molar-refractivity contribution < 1.29 is 9.53 Å². The molecule has 0 unspecified atom stereocenters. The maximum Gasteiger partial charge on any atom is 0.293 e. The molecule has 3 heterocycles. The van der Waals surface area contributed by atoms with E-state index in [9.17, 15) is 9.59 Å². The SMILES string of the molecule is CCCn1c(=O)c(OCC(=O)NC)cc2cc(Nc3nc(N4CCCCC4)ncc3Cl)ccc21. The van der Waals surface area contributed by atoms with Crippen molar-refractivity contribution in [1.29, 1.82) is 0 Å². The van der Waals surface area contributed by atoms with Gasteiger partial charge in [-0.25, -0.2) is 4.98 Å². The lowest BCUT2D eigenvalue weighted by Gasteiger charge is -2.26. The zero-order valence-electron chi connectivity index (χ0n) is 19.4. The van der Waals surface area contributed by atoms with E-state index in [1.165, 1.54) is 13.5 Å². The number of nitrogens with zero attached hydrogens (tertiary/aromatic N) is 4. The van der Waals surface area contributed by atoms with E-state index >= 15 is 0 Å². The lowest BCUT2D eigenvalue weighted by Crippen LogP contribution is -2.31. The van der Waals surface area contributed by atoms with Crippen LogP contribution in [0.3, 0.4) is 0 Å². The average Bonchev–Trinajstić information content (AvgIpc) is 2.86. The Morgan fingerprint density at radius 3 is 2.74 bits per heavy atom. The molecule has 0 atom stereocenters. The average molecular weight is 485 g/mol. The number of fused-ring (bicyclic) bond motifs is 1. The first-order valence-electron chi connectivity index (χ1n) is 11.6. The van der Waals surface area contributed by atoms with Crippen molar-refractivity contribution in [2.75, 3.05) is 37.0 Å². The van der Waals surface area contributed by atoms with Crippen LogP contribution in [0.1, 0.15) is 32.6 Å². The van der Waals surface area contributed by atoms with Gasteiger partial charge in [0, 0.05) is 37.8 Å². The second kappa shape index (κ2) is 10.7. The van der Waals surface area contributed by atoms with Gasteiger partial charge in [0.25, 0.3) is 11.5 Å². The highest BCUT2D eigenvalue weighted by molar-refractivity contribution is 6.32. The summed E-state index contributed by atoms with van der Waals surface area (Å²) in [6, 6.07) is 7.35. The van der Waals surface area contributed by atoms with Crippen LogP contribution in [0, 0.1) is 0 Å². The number of amides is 1. The first kappa shape index (κ1) is 23.8. The summed E-state index contributed by atoms with van der Waals surface area (Å²) in [7, 11) is 1.52. The zero-order valence-corrected chi connectivity index (χ0v) is 20.2. The van der Waals surface area contributed by atoms with Crippen LogP contribution in [0.5, 0.6) is 5.75 Å². The number of nitrogens with one attached hydrogen (secondary N) is 2. The number of carbonyl (C=O) groups is 1. The van der Waals surface area contributed by atoms with Gasteiger partial charge in [0.1, 0.15) is 5.02 Å². The lowest BCUT2D eigenvalue weighted by molar-refractivity contribution is -0.122. The number of piperidine rings is 1. The third kappa shape index (κ3) is 5.25. The number of anilines is 3. The van der Waals surface area contributed by atoms with Gasteiger partial charge in [0.15, 0.2) is 18.2 Å². The van der Waals surface area contributed by atoms with Gasteiger partial charge in [-0.2, -0.15) is 4.98 Å². The minimum Gasteiger partial charge on any atom is -0.478 e. The van der Waals surface area contributed by atoms with Gasteiger partial charge >= 0.3 is 0 Å². The van der Waals surface area contributed by atoms with Crippen LogP contribution in [0.4, 0.5) is 17.5 Å². The van der Waals surface area contributed by atoms with Crippen LogP contribution in [0.15, 0.2) is 35.3 Å². The number of hydrogen-bond donors (Lipinski definition) is 2. The fourth-order valence-electron chi connectivity index (χ4n) is 4.03. The first-order valence-corrected chi connectivity index (χ1v) is 11.9. The predicted molar refractivity (Wildman–Crippen MR) is 134 cm³/mol. The van der Waals surface area contributed by atoms with E-state index in [1.54, 1.807) is 16.8 Å². The van der Waals surface area contributed by atoms with Crippen LogP contribution in [0.2, 0.25) is 5.02 Å². The first-order chi connectivity index (χ1) is 16.5. The Labute approximate surface area is 203 Å². The number of likely N-dealkylation sites (N-methyl/N-ethyl adjacent to an activating group) is 1. The van der Waals surface area contributed by atoms with Crippen molar-refractivity contribution in [3.05, 3.63) is 45.8 Å². The summed E-state index contributed by atoms with van der Waals surface area (Å²) in [5.41, 5.74) is 1.29. The van der Waals surface area contributed by atoms with Crippen molar-refractivity contribution in [3.8, 4) is 5.75 Å². The fraction of sp³-hybridized carbons (Fsp3) is 0.417. The smallest absolute Gasteiger partial charge is 0.293 e. The number of aromatic nitrogens is 3. The highest BCUT2D eigenvalue weighted by atomic mass is 35.5. The molecule has 10 heteroatoms. The van der Waals surface area contributed by atoms with Gasteiger partial charge in [0.05, 0.1) is 11.7 Å². The van der Waals surface area contributed by atoms with Crippen LogP contribution >= 0.6 is 11.6 Å². The normalized spacial score (nSPS) is 13.7. The molecule has 1 saturated heterocycles. The van der Waals surface area contributed by atoms with E-state index in [2.05, 4.69) is 25.5 Å². The van der Waals surface area contributed by atoms with E-state index < -0.39 is 0 Å². The van der Waals surface area contributed by atoms with E-state index in [0.717, 1.165) is 48.9 Å². The van der Waals surface area contributed by atoms with Crippen LogP contribution in [0.25, 0.3) is 10.9 Å². The Kier molecular flexibility index (Phi) is 7.52. The maximum atomic E-state index is 12.9. The molecule has 2 aromatic heterocycles. The molecule has 1 amide bonds. The molecule has 2 N–H and O–H groups in total. The molecule has 1 aliphatic heterocycles. The third-order valence-corrected chi connectivity index (χ3v) is 6.06. The van der Waals surface area contributed by atoms with Crippen LogP contribution in [-0.2, 0) is 11.3 Å². The standard InChI is InChI=1S/C24H29ClN6O3/c1-3-9-31-19-8-7-17(12-16(19)13-20(23(31)33)34-15-21(32)26-2)28-22-18(25)14-27-24(29-22)30-10-5-4-6-11-30/h7-8,12-14H,3-6,9-11,15H2,1-2H3,(H,26,32)(H,27,28,29). The van der Waals surface area contributed by atoms with Gasteiger partial charge in [-0.05, 0) is 49.9 Å². The number of carbonyl (C=O) groups excluding carboxylic acids is 1. The second-order valence-electron chi connectivity index (χ2n) is 8.24. The molecule has 1 aromatic carbocycles. The van der Waals surface area contributed by atoms with Crippen molar-refractivity contribution in [2.24, 2.45) is 0 Å². The Balaban J connectivity index is 1.67. The molecule has 9 nitrogen and oxygen atoms in total. The molecule has 1 fully saturated rings. The number of halogens is 1. The number of aryl methyl sites for hydroxylation is 1. The minimum absolute atomic E-state index is 0.133. The van der Waals surface area contributed by atoms with E-state index in [-0.39, 0.29) is 23.8 Å². The van der Waals surface area contributed by atoms with Crippen molar-refractivity contribution in [3.63, 3.8) is 0 Å². The van der Waals surface area contributed by atoms with Gasteiger partial charge < -0.3 is 24.8 Å². The molecule has 0 aliphatic carbocycles. The summed E-state index contributed by atoms with van der Waals surface area (Å²) in [5.74, 6) is 1.01. The largest absolute Gasteiger partial charge is 0.478 e. The molecule has 3 aromatic rings. The number of rotatable bonds is 8. The highest BCUT2D eigenvalue weighted by Gasteiger charge is 2.16. The van der Waals surface area contributed by atoms with Crippen molar-refractivity contribution >= 4 is 45.9 Å². The number of pyridine rings is 1. The molecule has 34 heavy (non-hydrogen) atoms. The number of benzene rings is 1. The quantitative estimate of drug-likeness (QED) is 0.502. The van der Waals surface area contributed by atoms with Crippen molar-refractivity contribution in [2.45, 2.75) is 39.2 Å². The van der Waals surface area contributed by atoms with E-state index in [4.69, 9.17) is 16.3 Å². The molecule has 0 bridgehead atoms. The Bertz CT molecular complexity index is 1240. The van der Waals surface area contributed by atoms with Gasteiger partial charge in [-0.15, -0.1) is 0 Å². The van der Waals surface area contributed by atoms with Crippen molar-refractivity contribution in [1.82, 2.24) is 19.9 Å². The maximum absolute atomic E-state index is 12.9. The summed E-state index contributed by atoms with van der Waals surface area (Å²) < 4.78 is 7.20. The van der Waals surface area contributed by atoms with E-state index in [1.807, 2.05) is 25.1 Å². The van der Waals surface area contributed by atoms with Gasteiger partial charge in [-0.1, -0.05) is 18.5 Å². The van der Waals surface area contributed by atoms with Gasteiger partial charge in [0.2, 0.25) is 5.95 Å². The summed E-state index contributed by atoms with van der Waals surface area (Å²) in [6.45, 7) is 4.19. The lowest BCUT2D eigenvalue weighted by atomic mass is 10.1.